The molecule has 3 nitrogen and oxygen atoms in total. The average Bonchev–Trinajstić information content (AvgIpc) is 2.14. The summed E-state index contributed by atoms with van der Waals surface area (Å²) in [5.41, 5.74) is 1.37. The molecule has 0 amide bonds. The summed E-state index contributed by atoms with van der Waals surface area (Å²) >= 11 is 0. The minimum atomic E-state index is 0.960. The molecule has 0 spiro atoms. The van der Waals surface area contributed by atoms with Gasteiger partial charge in [-0.25, -0.2) is 0 Å². The van der Waals surface area contributed by atoms with Crippen molar-refractivity contribution >= 4 is 0 Å². The molecular formula is C10H19N3. The number of hydrogen-bond donors (Lipinski definition) is 2. The molecule has 0 radical (unpaired) electrons. The van der Waals surface area contributed by atoms with Crippen molar-refractivity contribution in [3.05, 3.63) is 23.9 Å². The Morgan fingerprint density at radius 3 is 3.00 bits per heavy atom. The second-order valence-corrected chi connectivity index (χ2v) is 3.50. The number of dihydropyridines is 1. The Morgan fingerprint density at radius 2 is 2.38 bits per heavy atom. The lowest BCUT2D eigenvalue weighted by Crippen LogP contribution is -2.28. The van der Waals surface area contributed by atoms with Crippen molar-refractivity contribution in [1.29, 1.82) is 0 Å². The molecule has 0 aromatic carbocycles. The lowest BCUT2D eigenvalue weighted by molar-refractivity contribution is 0.403. The average molecular weight is 181 g/mol. The van der Waals surface area contributed by atoms with Gasteiger partial charge >= 0.3 is 0 Å². The second kappa shape index (κ2) is 5.78. The highest BCUT2D eigenvalue weighted by Gasteiger charge is 1.95. The molecular weight excluding hydrogens is 162 g/mol. The highest BCUT2D eigenvalue weighted by atomic mass is 15.1. The van der Waals surface area contributed by atoms with Crippen molar-refractivity contribution in [3.8, 4) is 0 Å². The maximum atomic E-state index is 3.40. The maximum absolute atomic E-state index is 3.40. The van der Waals surface area contributed by atoms with Gasteiger partial charge < -0.3 is 15.5 Å². The van der Waals surface area contributed by atoms with Crippen molar-refractivity contribution in [3.63, 3.8) is 0 Å². The van der Waals surface area contributed by atoms with Crippen LogP contribution in [0.3, 0.4) is 0 Å². The van der Waals surface area contributed by atoms with Gasteiger partial charge in [0.05, 0.1) is 0 Å². The van der Waals surface area contributed by atoms with Crippen molar-refractivity contribution in [1.82, 2.24) is 15.5 Å². The number of nitrogens with one attached hydrogen (secondary N) is 2. The Bertz CT molecular complexity index is 194. The van der Waals surface area contributed by atoms with Gasteiger partial charge in [-0.05, 0) is 31.9 Å². The molecule has 0 aliphatic carbocycles. The van der Waals surface area contributed by atoms with Crippen LogP contribution >= 0.6 is 0 Å². The first-order valence-corrected chi connectivity index (χ1v) is 4.73. The Hall–Kier alpha value is -0.800. The first kappa shape index (κ1) is 10.3. The van der Waals surface area contributed by atoms with Crippen molar-refractivity contribution < 1.29 is 0 Å². The number of likely N-dealkylation sites (N-methyl/N-ethyl adjacent to an activating group) is 1. The zero-order chi connectivity index (χ0) is 9.52. The van der Waals surface area contributed by atoms with Crippen LogP contribution in [0.15, 0.2) is 23.9 Å². The lowest BCUT2D eigenvalue weighted by atomic mass is 10.2. The van der Waals surface area contributed by atoms with Gasteiger partial charge in [-0.15, -0.1) is 0 Å². The van der Waals surface area contributed by atoms with Crippen molar-refractivity contribution in [2.45, 2.75) is 0 Å². The van der Waals surface area contributed by atoms with Gasteiger partial charge in [0.15, 0.2) is 0 Å². The van der Waals surface area contributed by atoms with Gasteiger partial charge in [0, 0.05) is 26.2 Å². The number of rotatable bonds is 5. The predicted molar refractivity (Wildman–Crippen MR) is 56.6 cm³/mol. The van der Waals surface area contributed by atoms with E-state index < -0.39 is 0 Å². The molecule has 0 atom stereocenters. The lowest BCUT2D eigenvalue weighted by Gasteiger charge is -2.12. The Labute approximate surface area is 80.5 Å². The van der Waals surface area contributed by atoms with Crippen LogP contribution in [0.2, 0.25) is 0 Å². The summed E-state index contributed by atoms with van der Waals surface area (Å²) in [6.45, 7) is 4.08. The minimum Gasteiger partial charge on any atom is -0.387 e. The maximum Gasteiger partial charge on any atom is 0.0331 e. The molecule has 1 aliphatic rings. The largest absolute Gasteiger partial charge is 0.387 e. The van der Waals surface area contributed by atoms with E-state index in [1.807, 2.05) is 6.20 Å². The fraction of sp³-hybridized carbons (Fsp3) is 0.600. The Kier molecular flexibility index (Phi) is 4.57. The van der Waals surface area contributed by atoms with Gasteiger partial charge in [0.2, 0.25) is 0 Å². The smallest absolute Gasteiger partial charge is 0.0331 e. The van der Waals surface area contributed by atoms with E-state index in [1.54, 1.807) is 0 Å². The highest BCUT2D eigenvalue weighted by Crippen LogP contribution is 1.97. The monoisotopic (exact) mass is 181 g/mol. The van der Waals surface area contributed by atoms with Crippen LogP contribution in [0.25, 0.3) is 0 Å². The van der Waals surface area contributed by atoms with Gasteiger partial charge in [0.25, 0.3) is 0 Å². The molecule has 0 aromatic rings. The van der Waals surface area contributed by atoms with E-state index in [4.69, 9.17) is 0 Å². The molecule has 0 saturated heterocycles. The number of hydrogen-bond acceptors (Lipinski definition) is 3. The molecule has 0 bridgehead atoms. The molecule has 1 rings (SSSR count). The first-order chi connectivity index (χ1) is 6.29. The Morgan fingerprint density at radius 1 is 1.54 bits per heavy atom. The summed E-state index contributed by atoms with van der Waals surface area (Å²) in [6.07, 6.45) is 6.33. The summed E-state index contributed by atoms with van der Waals surface area (Å²) in [5, 5.41) is 6.53. The van der Waals surface area contributed by atoms with E-state index in [-0.39, 0.29) is 0 Å². The molecule has 0 fully saturated rings. The quantitative estimate of drug-likeness (QED) is 0.593. The fourth-order valence-electron chi connectivity index (χ4n) is 1.16. The molecule has 0 aromatic heterocycles. The van der Waals surface area contributed by atoms with Crippen molar-refractivity contribution in [2.24, 2.45) is 0 Å². The van der Waals surface area contributed by atoms with Crippen LogP contribution in [-0.2, 0) is 0 Å². The minimum absolute atomic E-state index is 0.960. The molecule has 0 unspecified atom stereocenters. The van der Waals surface area contributed by atoms with E-state index >= 15 is 0 Å². The van der Waals surface area contributed by atoms with Crippen LogP contribution in [0, 0.1) is 0 Å². The second-order valence-electron chi connectivity index (χ2n) is 3.50. The molecule has 74 valence electrons. The topological polar surface area (TPSA) is 27.3 Å². The number of nitrogens with zero attached hydrogens (tertiary/aromatic N) is 1. The molecule has 3 heteroatoms. The van der Waals surface area contributed by atoms with Crippen molar-refractivity contribution in [2.75, 3.05) is 40.3 Å². The third-order valence-electron chi connectivity index (χ3n) is 1.96. The van der Waals surface area contributed by atoms with Crippen LogP contribution in [0.4, 0.5) is 0 Å². The fourth-order valence-corrected chi connectivity index (χ4v) is 1.16. The summed E-state index contributed by atoms with van der Waals surface area (Å²) in [7, 11) is 4.18. The van der Waals surface area contributed by atoms with E-state index in [1.165, 1.54) is 5.57 Å². The van der Waals surface area contributed by atoms with E-state index in [2.05, 4.69) is 41.8 Å². The van der Waals surface area contributed by atoms with Gasteiger partial charge in [0.1, 0.15) is 0 Å². The summed E-state index contributed by atoms with van der Waals surface area (Å²) in [6, 6.07) is 0. The molecule has 13 heavy (non-hydrogen) atoms. The van der Waals surface area contributed by atoms with Crippen LogP contribution in [0.1, 0.15) is 0 Å². The van der Waals surface area contributed by atoms with Gasteiger partial charge in [-0.3, -0.25) is 0 Å². The SMILES string of the molecule is CN(C)CCNCC1=CCNC=C1. The molecule has 1 aliphatic heterocycles. The standard InChI is InChI=1S/C10H19N3/c1-13(2)8-7-12-9-10-3-5-11-6-4-10/h3-5,11-12H,6-9H2,1-2H3. The van der Waals surface area contributed by atoms with E-state index in [9.17, 15) is 0 Å². The van der Waals surface area contributed by atoms with Gasteiger partial charge in [-0.2, -0.15) is 0 Å². The van der Waals surface area contributed by atoms with E-state index in [0.29, 0.717) is 0 Å². The Balaban J connectivity index is 2.05. The highest BCUT2D eigenvalue weighted by molar-refractivity contribution is 5.23. The zero-order valence-electron chi connectivity index (χ0n) is 8.51. The van der Waals surface area contributed by atoms with Gasteiger partial charge in [-0.1, -0.05) is 6.08 Å². The summed E-state index contributed by atoms with van der Waals surface area (Å²) in [4.78, 5) is 2.18. The predicted octanol–water partition coefficient (Wildman–Crippen LogP) is 0.181. The van der Waals surface area contributed by atoms with Crippen LogP contribution in [0.5, 0.6) is 0 Å². The van der Waals surface area contributed by atoms with E-state index in [0.717, 1.165) is 26.2 Å². The molecule has 0 saturated carbocycles. The first-order valence-electron chi connectivity index (χ1n) is 4.73. The summed E-state index contributed by atoms with van der Waals surface area (Å²) < 4.78 is 0. The molecule has 1 heterocycles. The third-order valence-corrected chi connectivity index (χ3v) is 1.96. The third kappa shape index (κ3) is 4.70. The van der Waals surface area contributed by atoms with Crippen LogP contribution in [-0.4, -0.2) is 45.2 Å². The zero-order valence-corrected chi connectivity index (χ0v) is 8.51. The van der Waals surface area contributed by atoms with Crippen LogP contribution < -0.4 is 10.6 Å². The summed E-state index contributed by atoms with van der Waals surface area (Å²) in [5.74, 6) is 0. The molecule has 2 N–H and O–H groups in total. The normalized spacial score (nSPS) is 15.8.